The molecule has 0 unspecified atom stereocenters. The molecule has 0 atom stereocenters. The summed E-state index contributed by atoms with van der Waals surface area (Å²) in [6.45, 7) is 4.39. The third-order valence-electron chi connectivity index (χ3n) is 3.57. The van der Waals surface area contributed by atoms with Crippen molar-refractivity contribution in [2.45, 2.75) is 33.1 Å². The molecular formula is C16H25ClN2O4S. The third-order valence-corrected chi connectivity index (χ3v) is 5.28. The maximum absolute atomic E-state index is 12.2. The Kier molecular flexibility index (Phi) is 7.99. The summed E-state index contributed by atoms with van der Waals surface area (Å²) in [5.74, 6) is 0.185. The molecule has 0 aliphatic rings. The molecule has 1 amide bonds. The van der Waals surface area contributed by atoms with E-state index in [1.807, 2.05) is 13.8 Å². The smallest absolute Gasteiger partial charge is 0.225 e. The zero-order valence-electron chi connectivity index (χ0n) is 14.6. The molecule has 0 aliphatic heterocycles. The van der Waals surface area contributed by atoms with Gasteiger partial charge in [0.05, 0.1) is 19.1 Å². The van der Waals surface area contributed by atoms with Gasteiger partial charge >= 0.3 is 0 Å². The van der Waals surface area contributed by atoms with Gasteiger partial charge < -0.3 is 10.1 Å². The number of unbranched alkanes of at least 4 members (excludes halogenated alkanes) is 1. The average Bonchev–Trinajstić information content (AvgIpc) is 2.49. The van der Waals surface area contributed by atoms with Gasteiger partial charge in [-0.25, -0.2) is 12.7 Å². The van der Waals surface area contributed by atoms with Gasteiger partial charge in [-0.2, -0.15) is 0 Å². The van der Waals surface area contributed by atoms with E-state index in [0.717, 1.165) is 24.7 Å². The van der Waals surface area contributed by atoms with Crippen molar-refractivity contribution in [1.82, 2.24) is 4.31 Å². The van der Waals surface area contributed by atoms with E-state index in [2.05, 4.69) is 5.32 Å². The number of carbonyl (C=O) groups excluding carboxylic acids is 1. The summed E-state index contributed by atoms with van der Waals surface area (Å²) >= 11 is 6.04. The van der Waals surface area contributed by atoms with Crippen molar-refractivity contribution < 1.29 is 17.9 Å². The zero-order valence-corrected chi connectivity index (χ0v) is 16.1. The molecule has 136 valence electrons. The fourth-order valence-corrected chi connectivity index (χ4v) is 3.18. The fraction of sp³-hybridized carbons (Fsp3) is 0.562. The molecule has 8 heteroatoms. The first kappa shape index (κ1) is 20.7. The van der Waals surface area contributed by atoms with Gasteiger partial charge in [-0.05, 0) is 25.0 Å². The molecule has 0 saturated carbocycles. The Morgan fingerprint density at radius 1 is 1.33 bits per heavy atom. The number of methoxy groups -OCH3 is 1. The molecule has 6 nitrogen and oxygen atoms in total. The number of hydrogen-bond acceptors (Lipinski definition) is 4. The number of amides is 1. The maximum atomic E-state index is 12.2. The Bertz CT molecular complexity index is 677. The van der Waals surface area contributed by atoms with Crippen LogP contribution in [-0.4, -0.2) is 45.1 Å². The maximum Gasteiger partial charge on any atom is 0.225 e. The Balaban J connectivity index is 2.74. The van der Waals surface area contributed by atoms with Gasteiger partial charge in [0.1, 0.15) is 5.75 Å². The van der Waals surface area contributed by atoms with Crippen LogP contribution < -0.4 is 10.1 Å². The van der Waals surface area contributed by atoms with Crippen molar-refractivity contribution in [3.63, 3.8) is 0 Å². The Morgan fingerprint density at radius 3 is 2.54 bits per heavy atom. The second-order valence-corrected chi connectivity index (χ2v) is 8.01. The van der Waals surface area contributed by atoms with E-state index in [1.54, 1.807) is 12.1 Å². The Hall–Kier alpha value is -1.31. The lowest BCUT2D eigenvalue weighted by Crippen LogP contribution is -2.33. The zero-order chi connectivity index (χ0) is 18.3. The number of hydrogen-bond donors (Lipinski definition) is 1. The van der Waals surface area contributed by atoms with Gasteiger partial charge in [0, 0.05) is 30.6 Å². The van der Waals surface area contributed by atoms with Crippen LogP contribution in [-0.2, 0) is 14.8 Å². The molecule has 0 saturated heterocycles. The van der Waals surface area contributed by atoms with Crippen LogP contribution >= 0.6 is 11.6 Å². The van der Waals surface area contributed by atoms with Gasteiger partial charge in [-0.15, -0.1) is 0 Å². The van der Waals surface area contributed by atoms with E-state index in [4.69, 9.17) is 16.3 Å². The number of carbonyl (C=O) groups is 1. The highest BCUT2D eigenvalue weighted by Crippen LogP contribution is 2.31. The minimum absolute atomic E-state index is 0.0710. The van der Waals surface area contributed by atoms with E-state index < -0.39 is 10.0 Å². The second-order valence-electron chi connectivity index (χ2n) is 5.62. The number of nitrogens with zero attached hydrogens (tertiary/aromatic N) is 1. The Labute approximate surface area is 149 Å². The molecule has 0 fully saturated rings. The lowest BCUT2D eigenvalue weighted by molar-refractivity contribution is -0.116. The van der Waals surface area contributed by atoms with Crippen molar-refractivity contribution in [3.8, 4) is 5.75 Å². The third kappa shape index (κ3) is 6.30. The molecule has 0 bridgehead atoms. The van der Waals surface area contributed by atoms with Crippen LogP contribution in [0.25, 0.3) is 0 Å². The summed E-state index contributed by atoms with van der Waals surface area (Å²) in [5, 5.41) is 3.30. The predicted octanol–water partition coefficient (Wildman–Crippen LogP) is 3.05. The minimum atomic E-state index is -3.32. The van der Waals surface area contributed by atoms with Crippen molar-refractivity contribution in [3.05, 3.63) is 22.7 Å². The SMILES string of the molecule is CCCCN(CCC(=O)Nc1cc(C)c(Cl)cc1OC)S(C)(=O)=O. The highest BCUT2D eigenvalue weighted by atomic mass is 35.5. The Morgan fingerprint density at radius 2 is 2.00 bits per heavy atom. The summed E-state index contributed by atoms with van der Waals surface area (Å²) in [6.07, 6.45) is 2.88. The fourth-order valence-electron chi connectivity index (χ4n) is 2.15. The number of nitrogens with one attached hydrogen (secondary N) is 1. The van der Waals surface area contributed by atoms with E-state index in [0.29, 0.717) is 23.0 Å². The first-order valence-corrected chi connectivity index (χ1v) is 10.0. The largest absolute Gasteiger partial charge is 0.495 e. The molecule has 1 N–H and O–H groups in total. The van der Waals surface area contributed by atoms with E-state index in [1.165, 1.54) is 11.4 Å². The number of halogens is 1. The van der Waals surface area contributed by atoms with E-state index >= 15 is 0 Å². The molecule has 1 rings (SSSR count). The van der Waals surface area contributed by atoms with Crippen molar-refractivity contribution in [2.24, 2.45) is 0 Å². The summed E-state index contributed by atoms with van der Waals surface area (Å²) in [4.78, 5) is 12.2. The minimum Gasteiger partial charge on any atom is -0.495 e. The average molecular weight is 377 g/mol. The molecule has 0 aromatic heterocycles. The molecule has 0 aliphatic carbocycles. The number of sulfonamides is 1. The van der Waals surface area contributed by atoms with E-state index in [9.17, 15) is 13.2 Å². The van der Waals surface area contributed by atoms with Gasteiger partial charge in [0.25, 0.3) is 0 Å². The first-order valence-electron chi connectivity index (χ1n) is 7.78. The number of aryl methyl sites for hydroxylation is 1. The lowest BCUT2D eigenvalue weighted by Gasteiger charge is -2.19. The van der Waals surface area contributed by atoms with Crippen LogP contribution in [0.1, 0.15) is 31.7 Å². The van der Waals surface area contributed by atoms with Gasteiger partial charge in [-0.3, -0.25) is 4.79 Å². The molecule has 1 aromatic carbocycles. The van der Waals surface area contributed by atoms with Gasteiger partial charge in [0.2, 0.25) is 15.9 Å². The summed E-state index contributed by atoms with van der Waals surface area (Å²) in [7, 11) is -1.83. The molecule has 0 radical (unpaired) electrons. The lowest BCUT2D eigenvalue weighted by atomic mass is 10.2. The summed E-state index contributed by atoms with van der Waals surface area (Å²) in [5.41, 5.74) is 1.33. The monoisotopic (exact) mass is 376 g/mol. The van der Waals surface area contributed by atoms with Crippen LogP contribution in [0.15, 0.2) is 12.1 Å². The van der Waals surface area contributed by atoms with Crippen LogP contribution in [0.4, 0.5) is 5.69 Å². The van der Waals surface area contributed by atoms with Crippen LogP contribution in [0.3, 0.4) is 0 Å². The topological polar surface area (TPSA) is 75.7 Å². The molecule has 24 heavy (non-hydrogen) atoms. The van der Waals surface area contributed by atoms with Gasteiger partial charge in [-0.1, -0.05) is 24.9 Å². The standard InChI is InChI=1S/C16H25ClN2O4S/c1-5-6-8-19(24(4,21)22)9-7-16(20)18-14-10-12(2)13(17)11-15(14)23-3/h10-11H,5-9H2,1-4H3,(H,18,20). The highest BCUT2D eigenvalue weighted by Gasteiger charge is 2.18. The van der Waals surface area contributed by atoms with Crippen molar-refractivity contribution in [2.75, 3.05) is 31.8 Å². The van der Waals surface area contributed by atoms with Crippen LogP contribution in [0.5, 0.6) is 5.75 Å². The molecule has 0 spiro atoms. The quantitative estimate of drug-likeness (QED) is 0.718. The van der Waals surface area contributed by atoms with Crippen LogP contribution in [0, 0.1) is 6.92 Å². The number of benzene rings is 1. The number of ether oxygens (including phenoxy) is 1. The number of anilines is 1. The summed E-state index contributed by atoms with van der Waals surface area (Å²) < 4.78 is 30.0. The van der Waals surface area contributed by atoms with Crippen molar-refractivity contribution >= 4 is 33.2 Å². The van der Waals surface area contributed by atoms with Crippen LogP contribution in [0.2, 0.25) is 5.02 Å². The molecule has 1 aromatic rings. The first-order chi connectivity index (χ1) is 11.2. The van der Waals surface area contributed by atoms with E-state index in [-0.39, 0.29) is 18.9 Å². The molecular weight excluding hydrogens is 352 g/mol. The number of rotatable bonds is 9. The second kappa shape index (κ2) is 9.25. The normalized spacial score (nSPS) is 11.6. The highest BCUT2D eigenvalue weighted by molar-refractivity contribution is 7.88. The summed E-state index contributed by atoms with van der Waals surface area (Å²) in [6, 6.07) is 3.36. The van der Waals surface area contributed by atoms with Crippen molar-refractivity contribution in [1.29, 1.82) is 0 Å². The predicted molar refractivity (Wildman–Crippen MR) is 97.3 cm³/mol. The van der Waals surface area contributed by atoms with Gasteiger partial charge in [0.15, 0.2) is 0 Å². The molecule has 0 heterocycles.